The Labute approximate surface area is 202 Å². The number of nitrogens with one attached hydrogen (secondary N) is 1. The number of benzene rings is 2. The van der Waals surface area contributed by atoms with Crippen molar-refractivity contribution in [3.8, 4) is 0 Å². The smallest absolute Gasteiger partial charge is 0.328 e. The van der Waals surface area contributed by atoms with Crippen molar-refractivity contribution in [2.75, 3.05) is 6.54 Å². The van der Waals surface area contributed by atoms with Crippen molar-refractivity contribution in [1.29, 1.82) is 0 Å². The number of nitrogens with two attached hydrogens (primary N) is 1. The van der Waals surface area contributed by atoms with Gasteiger partial charge in [0.1, 0.15) is 12.1 Å². The molecule has 3 atom stereocenters. The van der Waals surface area contributed by atoms with Gasteiger partial charge in [0.25, 0.3) is 5.91 Å². The van der Waals surface area contributed by atoms with E-state index in [1.165, 1.54) is 4.90 Å². The zero-order valence-corrected chi connectivity index (χ0v) is 20.2. The molecule has 0 radical (unpaired) electrons. The summed E-state index contributed by atoms with van der Waals surface area (Å²) in [5, 5.41) is 2.94. The normalized spacial score (nSPS) is 17.7. The van der Waals surface area contributed by atoms with Gasteiger partial charge in [-0.2, -0.15) is 0 Å². The molecule has 3 N–H and O–H groups in total. The molecular weight excluding hydrogens is 428 g/mol. The van der Waals surface area contributed by atoms with Gasteiger partial charge in [0.2, 0.25) is 5.91 Å². The molecule has 34 heavy (non-hydrogen) atoms. The van der Waals surface area contributed by atoms with Crippen LogP contribution in [-0.4, -0.2) is 46.3 Å². The number of hydrogen-bond donors (Lipinski definition) is 2. The molecule has 1 heterocycles. The van der Waals surface area contributed by atoms with E-state index in [4.69, 9.17) is 5.73 Å². The number of carbonyl (C=O) groups excluding carboxylic acids is 3. The van der Waals surface area contributed by atoms with E-state index in [1.807, 2.05) is 74.5 Å². The molecule has 0 spiro atoms. The molecule has 7 heteroatoms. The number of hydrogen-bond acceptors (Lipinski definition) is 4. The first-order valence-electron chi connectivity index (χ1n) is 12.2. The maximum atomic E-state index is 13.6. The highest BCUT2D eigenvalue weighted by Gasteiger charge is 2.50. The first kappa shape index (κ1) is 25.4. The van der Waals surface area contributed by atoms with Crippen molar-refractivity contribution in [3.63, 3.8) is 0 Å². The molecule has 2 aromatic rings. The van der Waals surface area contributed by atoms with Gasteiger partial charge in [-0.3, -0.25) is 9.59 Å². The molecule has 182 valence electrons. The maximum Gasteiger partial charge on any atom is 0.328 e. The molecule has 2 aromatic carbocycles. The Morgan fingerprint density at radius 1 is 1.00 bits per heavy atom. The highest BCUT2D eigenvalue weighted by atomic mass is 16.2. The van der Waals surface area contributed by atoms with Crippen LogP contribution in [0.25, 0.3) is 0 Å². The second-order valence-corrected chi connectivity index (χ2v) is 8.94. The van der Waals surface area contributed by atoms with Crippen LogP contribution in [0.2, 0.25) is 0 Å². The zero-order chi connectivity index (χ0) is 24.5. The van der Waals surface area contributed by atoms with Gasteiger partial charge in [0, 0.05) is 13.1 Å². The van der Waals surface area contributed by atoms with Gasteiger partial charge in [0.15, 0.2) is 0 Å². The molecule has 7 nitrogen and oxygen atoms in total. The predicted molar refractivity (Wildman–Crippen MR) is 132 cm³/mol. The van der Waals surface area contributed by atoms with Crippen molar-refractivity contribution < 1.29 is 14.4 Å². The summed E-state index contributed by atoms with van der Waals surface area (Å²) in [5.74, 6) is -0.773. The first-order chi connectivity index (χ1) is 16.5. The second-order valence-electron chi connectivity index (χ2n) is 8.94. The van der Waals surface area contributed by atoms with Crippen molar-refractivity contribution in [2.45, 2.75) is 64.7 Å². The SMILES string of the molecule is CC[C@H](C)[C@@H](C(=O)NCc1ccccc1)N1C(=O)[C@@H](CCCCN)N(Cc2ccccc2)C1=O. The van der Waals surface area contributed by atoms with E-state index in [0.29, 0.717) is 32.5 Å². The summed E-state index contributed by atoms with van der Waals surface area (Å²) in [6.07, 6.45) is 2.72. The van der Waals surface area contributed by atoms with Crippen LogP contribution in [0.4, 0.5) is 4.79 Å². The Morgan fingerprint density at radius 3 is 2.21 bits per heavy atom. The monoisotopic (exact) mass is 464 g/mol. The van der Waals surface area contributed by atoms with E-state index in [-0.39, 0.29) is 17.7 Å². The third-order valence-electron chi connectivity index (χ3n) is 6.52. The number of nitrogens with zero attached hydrogens (tertiary/aromatic N) is 2. The standard InChI is InChI=1S/C27H36N4O3/c1-3-20(2)24(25(32)29-18-21-12-6-4-7-13-21)31-26(33)23(16-10-11-17-28)30(27(31)34)19-22-14-8-5-9-15-22/h4-9,12-15,20,23-24H,3,10-11,16-19,28H2,1-2H3,(H,29,32)/t20-,23+,24-/m0/s1. The van der Waals surface area contributed by atoms with Gasteiger partial charge < -0.3 is 16.0 Å². The summed E-state index contributed by atoms with van der Waals surface area (Å²) >= 11 is 0. The Morgan fingerprint density at radius 2 is 1.62 bits per heavy atom. The third kappa shape index (κ3) is 6.03. The molecule has 4 amide bonds. The minimum atomic E-state index is -0.855. The van der Waals surface area contributed by atoms with Gasteiger partial charge in [-0.25, -0.2) is 9.69 Å². The number of unbranched alkanes of at least 4 members (excludes halogenated alkanes) is 1. The van der Waals surface area contributed by atoms with Gasteiger partial charge >= 0.3 is 6.03 Å². The fourth-order valence-electron chi connectivity index (χ4n) is 4.38. The summed E-state index contributed by atoms with van der Waals surface area (Å²) in [6, 6.07) is 17.4. The Hall–Kier alpha value is -3.19. The van der Waals surface area contributed by atoms with Gasteiger partial charge in [-0.1, -0.05) is 80.9 Å². The molecule has 0 aliphatic carbocycles. The molecule has 1 aliphatic rings. The lowest BCUT2D eigenvalue weighted by Gasteiger charge is -2.29. The second kappa shape index (κ2) is 12.3. The molecule has 1 saturated heterocycles. The molecule has 0 saturated carbocycles. The maximum absolute atomic E-state index is 13.6. The van der Waals surface area contributed by atoms with Crippen LogP contribution in [0.15, 0.2) is 60.7 Å². The molecule has 3 rings (SSSR count). The molecule has 0 bridgehead atoms. The van der Waals surface area contributed by atoms with Crippen LogP contribution in [0, 0.1) is 5.92 Å². The lowest BCUT2D eigenvalue weighted by Crippen LogP contribution is -2.53. The largest absolute Gasteiger partial charge is 0.350 e. The third-order valence-corrected chi connectivity index (χ3v) is 6.52. The lowest BCUT2D eigenvalue weighted by atomic mass is 9.96. The lowest BCUT2D eigenvalue weighted by molar-refractivity contribution is -0.138. The summed E-state index contributed by atoms with van der Waals surface area (Å²) in [7, 11) is 0. The van der Waals surface area contributed by atoms with Crippen LogP contribution in [-0.2, 0) is 22.7 Å². The minimum Gasteiger partial charge on any atom is -0.350 e. The minimum absolute atomic E-state index is 0.176. The van der Waals surface area contributed by atoms with Gasteiger partial charge in [-0.15, -0.1) is 0 Å². The van der Waals surface area contributed by atoms with Crippen LogP contribution in [0.5, 0.6) is 0 Å². The number of amides is 4. The van der Waals surface area contributed by atoms with Crippen molar-refractivity contribution in [2.24, 2.45) is 11.7 Å². The van der Waals surface area contributed by atoms with E-state index < -0.39 is 18.1 Å². The summed E-state index contributed by atoms with van der Waals surface area (Å²) < 4.78 is 0. The highest BCUT2D eigenvalue weighted by Crippen LogP contribution is 2.29. The number of imide groups is 1. The summed E-state index contributed by atoms with van der Waals surface area (Å²) in [4.78, 5) is 43.4. The first-order valence-corrected chi connectivity index (χ1v) is 12.2. The summed E-state index contributed by atoms with van der Waals surface area (Å²) in [5.41, 5.74) is 7.57. The topological polar surface area (TPSA) is 95.7 Å². The molecular formula is C27H36N4O3. The molecule has 0 unspecified atom stereocenters. The number of urea groups is 1. The zero-order valence-electron chi connectivity index (χ0n) is 20.2. The van der Waals surface area contributed by atoms with Crippen molar-refractivity contribution in [1.82, 2.24) is 15.1 Å². The molecule has 0 aromatic heterocycles. The van der Waals surface area contributed by atoms with Gasteiger partial charge in [-0.05, 0) is 42.9 Å². The van der Waals surface area contributed by atoms with Crippen LogP contribution in [0.1, 0.15) is 50.7 Å². The Balaban J connectivity index is 1.85. The fraction of sp³-hybridized carbons (Fsp3) is 0.444. The van der Waals surface area contributed by atoms with E-state index in [2.05, 4.69) is 5.32 Å². The molecule has 1 fully saturated rings. The van der Waals surface area contributed by atoms with Gasteiger partial charge in [0.05, 0.1) is 0 Å². The van der Waals surface area contributed by atoms with E-state index >= 15 is 0 Å². The molecule has 1 aliphatic heterocycles. The predicted octanol–water partition coefficient (Wildman–Crippen LogP) is 3.68. The van der Waals surface area contributed by atoms with E-state index in [0.717, 1.165) is 24.0 Å². The summed E-state index contributed by atoms with van der Waals surface area (Å²) in [6.45, 7) is 5.09. The Kier molecular flexibility index (Phi) is 9.22. The van der Waals surface area contributed by atoms with E-state index in [9.17, 15) is 14.4 Å². The van der Waals surface area contributed by atoms with Crippen LogP contribution in [0.3, 0.4) is 0 Å². The average Bonchev–Trinajstić information content (AvgIpc) is 3.08. The quantitative estimate of drug-likeness (QED) is 0.370. The van der Waals surface area contributed by atoms with Crippen molar-refractivity contribution in [3.05, 3.63) is 71.8 Å². The average molecular weight is 465 g/mol. The fourth-order valence-corrected chi connectivity index (χ4v) is 4.38. The highest BCUT2D eigenvalue weighted by molar-refractivity contribution is 6.07. The number of carbonyl (C=O) groups is 3. The number of rotatable bonds is 12. The Bertz CT molecular complexity index is 951. The van der Waals surface area contributed by atoms with E-state index in [1.54, 1.807) is 4.90 Å². The van der Waals surface area contributed by atoms with Crippen molar-refractivity contribution >= 4 is 17.8 Å². The van der Waals surface area contributed by atoms with Crippen LogP contribution >= 0.6 is 0 Å². The van der Waals surface area contributed by atoms with Crippen LogP contribution < -0.4 is 11.1 Å².